The predicted molar refractivity (Wildman–Crippen MR) is 68.6 cm³/mol. The second kappa shape index (κ2) is 5.50. The lowest BCUT2D eigenvalue weighted by molar-refractivity contribution is -0.125. The van der Waals surface area contributed by atoms with E-state index in [0.29, 0.717) is 6.54 Å². The Balaban J connectivity index is 2.46. The molecule has 1 amide bonds. The first-order valence-electron chi connectivity index (χ1n) is 6.10. The average Bonchev–Trinajstić information content (AvgIpc) is 2.28. The van der Waals surface area contributed by atoms with Crippen molar-refractivity contribution in [3.05, 3.63) is 0 Å². The lowest BCUT2D eigenvalue weighted by Crippen LogP contribution is -2.50. The zero-order chi connectivity index (χ0) is 12.2. The summed E-state index contributed by atoms with van der Waals surface area (Å²) in [5.74, 6) is 0.0819. The topological polar surface area (TPSA) is 49.3 Å². The van der Waals surface area contributed by atoms with E-state index in [4.69, 9.17) is 0 Å². The van der Waals surface area contributed by atoms with Crippen molar-refractivity contribution in [2.24, 2.45) is 5.41 Å². The van der Waals surface area contributed by atoms with E-state index in [0.717, 1.165) is 32.1 Å². The van der Waals surface area contributed by atoms with Gasteiger partial charge in [0.1, 0.15) is 4.32 Å². The van der Waals surface area contributed by atoms with Gasteiger partial charge in [0.05, 0.1) is 6.61 Å². The number of hydrogen-bond donors (Lipinski definition) is 2. The maximum absolute atomic E-state index is 11.9. The van der Waals surface area contributed by atoms with E-state index in [-0.39, 0.29) is 22.3 Å². The zero-order valence-corrected chi connectivity index (χ0v) is 11.8. The van der Waals surface area contributed by atoms with Gasteiger partial charge >= 0.3 is 0 Å². The highest BCUT2D eigenvalue weighted by atomic mass is 79.9. The van der Waals surface area contributed by atoms with Gasteiger partial charge in [-0.25, -0.2) is 0 Å². The minimum atomic E-state index is -0.324. The summed E-state index contributed by atoms with van der Waals surface area (Å²) in [5, 5.41) is 12.4. The third-order valence-corrected chi connectivity index (χ3v) is 5.17. The fraction of sp³-hybridized carbons (Fsp3) is 0.917. The molecule has 0 aromatic heterocycles. The van der Waals surface area contributed by atoms with Gasteiger partial charge in [0.15, 0.2) is 0 Å². The molecule has 1 rings (SSSR count). The number of halogens is 1. The van der Waals surface area contributed by atoms with Crippen molar-refractivity contribution in [1.29, 1.82) is 0 Å². The zero-order valence-electron chi connectivity index (χ0n) is 10.2. The van der Waals surface area contributed by atoms with Gasteiger partial charge < -0.3 is 10.4 Å². The van der Waals surface area contributed by atoms with Crippen LogP contribution in [0.1, 0.15) is 46.0 Å². The van der Waals surface area contributed by atoms with Crippen molar-refractivity contribution in [3.8, 4) is 0 Å². The van der Waals surface area contributed by atoms with E-state index in [2.05, 4.69) is 35.1 Å². The molecule has 3 nitrogen and oxygen atoms in total. The van der Waals surface area contributed by atoms with E-state index in [1.807, 2.05) is 0 Å². The van der Waals surface area contributed by atoms with Gasteiger partial charge in [-0.05, 0) is 32.1 Å². The van der Waals surface area contributed by atoms with Crippen LogP contribution in [0.3, 0.4) is 0 Å². The van der Waals surface area contributed by atoms with E-state index in [9.17, 15) is 9.90 Å². The molecule has 0 saturated heterocycles. The van der Waals surface area contributed by atoms with Crippen molar-refractivity contribution in [1.82, 2.24) is 5.32 Å². The van der Waals surface area contributed by atoms with Crippen LogP contribution in [0.15, 0.2) is 0 Å². The Labute approximate surface area is 106 Å². The van der Waals surface area contributed by atoms with Crippen LogP contribution in [0.2, 0.25) is 0 Å². The first-order chi connectivity index (χ1) is 7.52. The third kappa shape index (κ3) is 2.77. The number of aliphatic hydroxyl groups excluding tert-OH is 1. The number of rotatable bonds is 6. The Morgan fingerprint density at radius 1 is 1.44 bits per heavy atom. The molecule has 0 bridgehead atoms. The van der Waals surface area contributed by atoms with Crippen molar-refractivity contribution >= 4 is 21.8 Å². The molecule has 1 fully saturated rings. The molecule has 0 aromatic carbocycles. The van der Waals surface area contributed by atoms with Gasteiger partial charge in [-0.1, -0.05) is 29.8 Å². The second-order valence-corrected chi connectivity index (χ2v) is 6.38. The highest BCUT2D eigenvalue weighted by Gasteiger charge is 2.42. The van der Waals surface area contributed by atoms with Crippen LogP contribution < -0.4 is 5.32 Å². The van der Waals surface area contributed by atoms with Gasteiger partial charge in [0, 0.05) is 12.0 Å². The highest BCUT2D eigenvalue weighted by molar-refractivity contribution is 9.10. The molecular formula is C12H22BrNO2. The van der Waals surface area contributed by atoms with Gasteiger partial charge in [0.25, 0.3) is 0 Å². The smallest absolute Gasteiger partial charge is 0.236 e. The van der Waals surface area contributed by atoms with Gasteiger partial charge in [-0.3, -0.25) is 4.79 Å². The standard InChI is InChI=1S/C12H22BrNO2/c1-3-11(4-2,9-15)8-14-10(16)12(13)6-5-7-12/h15H,3-9H2,1-2H3,(H,14,16). The lowest BCUT2D eigenvalue weighted by Gasteiger charge is -2.36. The maximum atomic E-state index is 11.9. The Bertz CT molecular complexity index is 239. The molecule has 0 spiro atoms. The Kier molecular flexibility index (Phi) is 4.80. The summed E-state index contributed by atoms with van der Waals surface area (Å²) >= 11 is 3.49. The lowest BCUT2D eigenvalue weighted by atomic mass is 9.81. The largest absolute Gasteiger partial charge is 0.396 e. The summed E-state index contributed by atoms with van der Waals surface area (Å²) in [6.45, 7) is 4.82. The second-order valence-electron chi connectivity index (χ2n) is 4.87. The summed E-state index contributed by atoms with van der Waals surface area (Å²) < 4.78 is -0.324. The molecule has 16 heavy (non-hydrogen) atoms. The van der Waals surface area contributed by atoms with Gasteiger partial charge in [-0.15, -0.1) is 0 Å². The van der Waals surface area contributed by atoms with Crippen LogP contribution in [0.4, 0.5) is 0 Å². The highest BCUT2D eigenvalue weighted by Crippen LogP contribution is 2.40. The summed E-state index contributed by atoms with van der Waals surface area (Å²) in [4.78, 5) is 11.9. The van der Waals surface area contributed by atoms with E-state index < -0.39 is 0 Å². The number of alkyl halides is 1. The van der Waals surface area contributed by atoms with Crippen molar-refractivity contribution in [2.75, 3.05) is 13.2 Å². The van der Waals surface area contributed by atoms with Crippen LogP contribution in [-0.4, -0.2) is 28.5 Å². The molecule has 0 unspecified atom stereocenters. The van der Waals surface area contributed by atoms with Crippen LogP contribution >= 0.6 is 15.9 Å². The molecular weight excluding hydrogens is 270 g/mol. The molecule has 0 heterocycles. The van der Waals surface area contributed by atoms with Crippen LogP contribution in [0, 0.1) is 5.41 Å². The number of carbonyl (C=O) groups is 1. The van der Waals surface area contributed by atoms with E-state index in [1.54, 1.807) is 0 Å². The fourth-order valence-electron chi connectivity index (χ4n) is 1.92. The third-order valence-electron chi connectivity index (χ3n) is 4.01. The van der Waals surface area contributed by atoms with Crippen molar-refractivity contribution in [3.63, 3.8) is 0 Å². The quantitative estimate of drug-likeness (QED) is 0.737. The molecule has 1 aliphatic carbocycles. The SMILES string of the molecule is CCC(CC)(CO)CNC(=O)C1(Br)CCC1. The van der Waals surface area contributed by atoms with Crippen molar-refractivity contribution < 1.29 is 9.90 Å². The van der Waals surface area contributed by atoms with Crippen molar-refractivity contribution in [2.45, 2.75) is 50.3 Å². The molecule has 0 aliphatic heterocycles. The number of carbonyl (C=O) groups excluding carboxylic acids is 1. The predicted octanol–water partition coefficient (Wildman–Crippen LogP) is 2.22. The van der Waals surface area contributed by atoms with Gasteiger partial charge in [0.2, 0.25) is 5.91 Å². The van der Waals surface area contributed by atoms with E-state index in [1.165, 1.54) is 0 Å². The minimum Gasteiger partial charge on any atom is -0.396 e. The first-order valence-corrected chi connectivity index (χ1v) is 6.89. The molecule has 2 N–H and O–H groups in total. The molecule has 0 atom stereocenters. The Morgan fingerprint density at radius 3 is 2.31 bits per heavy atom. The summed E-state index contributed by atoms with van der Waals surface area (Å²) in [6, 6.07) is 0. The minimum absolute atomic E-state index is 0.0819. The molecule has 0 radical (unpaired) electrons. The monoisotopic (exact) mass is 291 g/mol. The van der Waals surface area contributed by atoms with Crippen LogP contribution in [0.5, 0.6) is 0 Å². The molecule has 0 aromatic rings. The normalized spacial score (nSPS) is 19.0. The number of nitrogens with one attached hydrogen (secondary N) is 1. The molecule has 1 aliphatic rings. The fourth-order valence-corrected chi connectivity index (χ4v) is 2.62. The number of amides is 1. The molecule has 1 saturated carbocycles. The maximum Gasteiger partial charge on any atom is 0.236 e. The Morgan fingerprint density at radius 2 is 2.00 bits per heavy atom. The summed E-state index contributed by atoms with van der Waals surface area (Å²) in [5.41, 5.74) is -0.150. The number of aliphatic hydroxyl groups is 1. The number of hydrogen-bond acceptors (Lipinski definition) is 2. The Hall–Kier alpha value is -0.0900. The van der Waals surface area contributed by atoms with Crippen LogP contribution in [-0.2, 0) is 4.79 Å². The van der Waals surface area contributed by atoms with Gasteiger partial charge in [-0.2, -0.15) is 0 Å². The van der Waals surface area contributed by atoms with Crippen LogP contribution in [0.25, 0.3) is 0 Å². The molecule has 4 heteroatoms. The first kappa shape index (κ1) is 14.0. The average molecular weight is 292 g/mol. The summed E-state index contributed by atoms with van der Waals surface area (Å²) in [6.07, 6.45) is 4.73. The van der Waals surface area contributed by atoms with E-state index >= 15 is 0 Å². The summed E-state index contributed by atoms with van der Waals surface area (Å²) in [7, 11) is 0. The molecule has 94 valence electrons.